The highest BCUT2D eigenvalue weighted by Gasteiger charge is 2.29. The Hall–Kier alpha value is -2.10. The lowest BCUT2D eigenvalue weighted by atomic mass is 10.1. The first kappa shape index (κ1) is 13.3. The molecule has 1 aromatic heterocycles. The number of hydrogen-bond donors (Lipinski definition) is 1. The van der Waals surface area contributed by atoms with Crippen molar-refractivity contribution >= 4 is 16.9 Å². The summed E-state index contributed by atoms with van der Waals surface area (Å²) in [6, 6.07) is 7.43. The summed E-state index contributed by atoms with van der Waals surface area (Å²) in [6.07, 6.45) is 0. The van der Waals surface area contributed by atoms with Gasteiger partial charge in [0.25, 0.3) is 0 Å². The predicted octanol–water partition coefficient (Wildman–Crippen LogP) is 3.09. The molecule has 100 valence electrons. The average molecular weight is 259 g/mol. The van der Waals surface area contributed by atoms with Crippen molar-refractivity contribution in [3.63, 3.8) is 0 Å². The molecule has 0 aliphatic carbocycles. The van der Waals surface area contributed by atoms with Crippen LogP contribution in [0.25, 0.3) is 10.9 Å². The Bertz CT molecular complexity index is 647. The molecule has 4 nitrogen and oxygen atoms in total. The average Bonchev–Trinajstić information content (AvgIpc) is 2.29. The second-order valence-electron chi connectivity index (χ2n) is 5.18. The lowest BCUT2D eigenvalue weighted by Crippen LogP contribution is -2.37. The maximum Gasteiger partial charge on any atom is 0.347 e. The topological polar surface area (TPSA) is 59.4 Å². The van der Waals surface area contributed by atoms with E-state index in [4.69, 9.17) is 9.84 Å². The molecule has 0 fully saturated rings. The lowest BCUT2D eigenvalue weighted by molar-refractivity contribution is -0.152. The summed E-state index contributed by atoms with van der Waals surface area (Å²) in [7, 11) is 0. The molecular formula is C15H17NO3. The van der Waals surface area contributed by atoms with Gasteiger partial charge < -0.3 is 9.84 Å². The molecule has 0 aliphatic rings. The number of hydrogen-bond acceptors (Lipinski definition) is 3. The number of carbonyl (C=O) groups is 1. The van der Waals surface area contributed by atoms with Crippen LogP contribution < -0.4 is 4.74 Å². The molecule has 1 heterocycles. The molecule has 0 unspecified atom stereocenters. The van der Waals surface area contributed by atoms with Crippen LogP contribution in [0.3, 0.4) is 0 Å². The summed E-state index contributed by atoms with van der Waals surface area (Å²) in [5, 5.41) is 10.0. The number of aryl methyl sites for hydroxylation is 2. The summed E-state index contributed by atoms with van der Waals surface area (Å²) in [5.74, 6) is -0.458. The van der Waals surface area contributed by atoms with Gasteiger partial charge in [-0.2, -0.15) is 0 Å². The molecule has 0 spiro atoms. The Morgan fingerprint density at radius 2 is 1.95 bits per heavy atom. The zero-order valence-electron chi connectivity index (χ0n) is 11.5. The molecule has 0 amide bonds. The highest BCUT2D eigenvalue weighted by molar-refractivity contribution is 5.84. The van der Waals surface area contributed by atoms with Crippen LogP contribution in [0.15, 0.2) is 24.3 Å². The van der Waals surface area contributed by atoms with Gasteiger partial charge >= 0.3 is 5.97 Å². The summed E-state index contributed by atoms with van der Waals surface area (Å²) < 4.78 is 5.53. The van der Waals surface area contributed by atoms with Gasteiger partial charge in [0.1, 0.15) is 5.75 Å². The van der Waals surface area contributed by atoms with Gasteiger partial charge in [0, 0.05) is 11.1 Å². The minimum atomic E-state index is -1.25. The Morgan fingerprint density at radius 3 is 2.58 bits per heavy atom. The summed E-state index contributed by atoms with van der Waals surface area (Å²) >= 11 is 0. The molecule has 1 N–H and O–H groups in total. The van der Waals surface area contributed by atoms with Crippen LogP contribution in [0.2, 0.25) is 0 Å². The third-order valence-electron chi connectivity index (χ3n) is 3.00. The molecule has 0 aliphatic heterocycles. The van der Waals surface area contributed by atoms with E-state index in [1.165, 1.54) is 13.8 Å². The highest BCUT2D eigenvalue weighted by Crippen LogP contribution is 2.26. The normalized spacial score (nSPS) is 11.6. The quantitative estimate of drug-likeness (QED) is 0.920. The monoisotopic (exact) mass is 259 g/mol. The maximum atomic E-state index is 11.1. The lowest BCUT2D eigenvalue weighted by Gasteiger charge is -2.21. The molecule has 0 atom stereocenters. The number of pyridine rings is 1. The second-order valence-corrected chi connectivity index (χ2v) is 5.18. The number of carboxylic acids is 1. The van der Waals surface area contributed by atoms with Crippen LogP contribution in [0.4, 0.5) is 0 Å². The first-order valence-corrected chi connectivity index (χ1v) is 6.10. The Labute approximate surface area is 112 Å². The number of nitrogens with zero attached hydrogens (tertiary/aromatic N) is 1. The third kappa shape index (κ3) is 2.67. The first-order valence-electron chi connectivity index (χ1n) is 6.10. The van der Waals surface area contributed by atoms with Crippen LogP contribution in [-0.4, -0.2) is 21.7 Å². The Morgan fingerprint density at radius 1 is 1.26 bits per heavy atom. The van der Waals surface area contributed by atoms with E-state index in [-0.39, 0.29) is 0 Å². The van der Waals surface area contributed by atoms with Crippen molar-refractivity contribution in [3.8, 4) is 5.75 Å². The van der Waals surface area contributed by atoms with E-state index in [0.29, 0.717) is 5.75 Å². The van der Waals surface area contributed by atoms with Crippen molar-refractivity contribution in [2.24, 2.45) is 0 Å². The first-order chi connectivity index (χ1) is 8.79. The smallest absolute Gasteiger partial charge is 0.347 e. The van der Waals surface area contributed by atoms with Gasteiger partial charge in [0.15, 0.2) is 5.60 Å². The molecule has 2 rings (SSSR count). The van der Waals surface area contributed by atoms with Crippen molar-refractivity contribution in [2.75, 3.05) is 0 Å². The standard InChI is InChI=1S/C15H17NO3/c1-9-7-10(2)16-13-6-5-11(8-12(9)13)19-15(3,4)14(17)18/h5-8H,1-4H3,(H,17,18). The van der Waals surface area contributed by atoms with Gasteiger partial charge in [0.2, 0.25) is 0 Å². The molecule has 0 bridgehead atoms. The fourth-order valence-electron chi connectivity index (χ4n) is 1.94. The van der Waals surface area contributed by atoms with Crippen molar-refractivity contribution < 1.29 is 14.6 Å². The van der Waals surface area contributed by atoms with Crippen molar-refractivity contribution in [1.29, 1.82) is 0 Å². The second kappa shape index (κ2) is 4.53. The van der Waals surface area contributed by atoms with Gasteiger partial charge in [-0.3, -0.25) is 4.98 Å². The zero-order valence-corrected chi connectivity index (χ0v) is 11.5. The number of benzene rings is 1. The van der Waals surface area contributed by atoms with E-state index in [2.05, 4.69) is 4.98 Å². The zero-order chi connectivity index (χ0) is 14.2. The summed E-state index contributed by atoms with van der Waals surface area (Å²) in [6.45, 7) is 7.01. The third-order valence-corrected chi connectivity index (χ3v) is 3.00. The van der Waals surface area contributed by atoms with E-state index in [0.717, 1.165) is 22.2 Å². The molecule has 19 heavy (non-hydrogen) atoms. The number of aliphatic carboxylic acids is 1. The van der Waals surface area contributed by atoms with E-state index in [1.54, 1.807) is 6.07 Å². The highest BCUT2D eigenvalue weighted by atomic mass is 16.5. The van der Waals surface area contributed by atoms with Crippen LogP contribution >= 0.6 is 0 Å². The largest absolute Gasteiger partial charge is 0.478 e. The number of fused-ring (bicyclic) bond motifs is 1. The summed E-state index contributed by atoms with van der Waals surface area (Å²) in [5.41, 5.74) is 1.70. The van der Waals surface area contributed by atoms with Gasteiger partial charge in [-0.25, -0.2) is 4.79 Å². The van der Waals surface area contributed by atoms with E-state index >= 15 is 0 Å². The molecule has 0 saturated heterocycles. The van der Waals surface area contributed by atoms with Crippen LogP contribution in [-0.2, 0) is 4.79 Å². The SMILES string of the molecule is Cc1cc(C)c2cc(OC(C)(C)C(=O)O)ccc2n1. The molecule has 4 heteroatoms. The molecular weight excluding hydrogens is 242 g/mol. The summed E-state index contributed by atoms with van der Waals surface area (Å²) in [4.78, 5) is 15.5. The number of carboxylic acid groups (broad SMARTS) is 1. The van der Waals surface area contributed by atoms with Gasteiger partial charge in [0.05, 0.1) is 5.52 Å². The van der Waals surface area contributed by atoms with Crippen molar-refractivity contribution in [1.82, 2.24) is 4.98 Å². The van der Waals surface area contributed by atoms with E-state index < -0.39 is 11.6 Å². The van der Waals surface area contributed by atoms with Crippen LogP contribution in [0.5, 0.6) is 5.75 Å². The Balaban J connectivity index is 2.45. The molecule has 1 aromatic carbocycles. The number of ether oxygens (including phenoxy) is 1. The number of aromatic nitrogens is 1. The van der Waals surface area contributed by atoms with Gasteiger partial charge in [-0.15, -0.1) is 0 Å². The van der Waals surface area contributed by atoms with Crippen LogP contribution in [0.1, 0.15) is 25.1 Å². The van der Waals surface area contributed by atoms with Crippen molar-refractivity contribution in [2.45, 2.75) is 33.3 Å². The van der Waals surface area contributed by atoms with Gasteiger partial charge in [-0.05, 0) is 57.5 Å². The minimum Gasteiger partial charge on any atom is -0.478 e. The maximum absolute atomic E-state index is 11.1. The molecule has 0 radical (unpaired) electrons. The fraction of sp³-hybridized carbons (Fsp3) is 0.333. The van der Waals surface area contributed by atoms with E-state index in [1.807, 2.05) is 32.0 Å². The van der Waals surface area contributed by atoms with Crippen molar-refractivity contribution in [3.05, 3.63) is 35.5 Å². The fourth-order valence-corrected chi connectivity index (χ4v) is 1.94. The molecule has 0 saturated carbocycles. The van der Waals surface area contributed by atoms with Crippen LogP contribution in [0, 0.1) is 13.8 Å². The predicted molar refractivity (Wildman–Crippen MR) is 73.6 cm³/mol. The van der Waals surface area contributed by atoms with E-state index in [9.17, 15) is 4.79 Å². The Kier molecular flexibility index (Phi) is 3.18. The van der Waals surface area contributed by atoms with Gasteiger partial charge in [-0.1, -0.05) is 0 Å². The minimum absolute atomic E-state index is 0.536. The number of rotatable bonds is 3. The molecule has 2 aromatic rings.